The van der Waals surface area contributed by atoms with Crippen LogP contribution < -0.4 is 0 Å². The van der Waals surface area contributed by atoms with E-state index in [0.29, 0.717) is 5.65 Å². The van der Waals surface area contributed by atoms with Crippen molar-refractivity contribution in [2.24, 2.45) is 0 Å². The fourth-order valence-corrected chi connectivity index (χ4v) is 1.32. The van der Waals surface area contributed by atoms with E-state index in [9.17, 15) is 5.21 Å². The lowest BCUT2D eigenvalue weighted by Gasteiger charge is -2.05. The summed E-state index contributed by atoms with van der Waals surface area (Å²) in [5.74, 6) is 0. The number of hydrogen-bond donors (Lipinski definition) is 0. The van der Waals surface area contributed by atoms with E-state index in [2.05, 4.69) is 20.9 Å². The van der Waals surface area contributed by atoms with E-state index in [1.807, 2.05) is 6.07 Å². The summed E-state index contributed by atoms with van der Waals surface area (Å²) < 4.78 is 1.64. The minimum atomic E-state index is 0.466. The third-order valence-corrected chi connectivity index (χ3v) is 1.89. The zero-order valence-corrected chi connectivity index (χ0v) is 7.08. The molecule has 4 heteroatoms. The van der Waals surface area contributed by atoms with Gasteiger partial charge in [-0.3, -0.25) is 0 Å². The van der Waals surface area contributed by atoms with Gasteiger partial charge < -0.3 is 9.94 Å². The van der Waals surface area contributed by atoms with Crippen LogP contribution in [-0.4, -0.2) is 9.71 Å². The highest BCUT2D eigenvalue weighted by Gasteiger charge is 1.95. The number of nitrogens with zero attached hydrogens (tertiary/aromatic N) is 2. The molecule has 0 bridgehead atoms. The van der Waals surface area contributed by atoms with Gasteiger partial charge in [0.15, 0.2) is 0 Å². The molecule has 0 aliphatic heterocycles. The molecule has 0 radical (unpaired) electrons. The first-order valence-electron chi connectivity index (χ1n) is 3.07. The Kier molecular flexibility index (Phi) is 1.35. The van der Waals surface area contributed by atoms with Crippen molar-refractivity contribution in [3.63, 3.8) is 0 Å². The standard InChI is InChI=1S/C7H4BrN2O/c8-6-3-5-1-2-10(11)7(5)9-4-6/h1-4H/q-1. The van der Waals surface area contributed by atoms with Crippen molar-refractivity contribution >= 4 is 27.0 Å². The van der Waals surface area contributed by atoms with Crippen LogP contribution in [0.15, 0.2) is 29.0 Å². The smallest absolute Gasteiger partial charge is 0.135 e. The molecule has 3 nitrogen and oxygen atoms in total. The molecule has 0 amide bonds. The zero-order chi connectivity index (χ0) is 7.84. The summed E-state index contributed by atoms with van der Waals surface area (Å²) in [5.41, 5.74) is 0.466. The molecule has 2 aromatic heterocycles. The van der Waals surface area contributed by atoms with Crippen LogP contribution in [0.3, 0.4) is 0 Å². The largest absolute Gasteiger partial charge is 0.805 e. The molecule has 0 atom stereocenters. The van der Waals surface area contributed by atoms with Crippen LogP contribution >= 0.6 is 15.9 Å². The predicted molar refractivity (Wildman–Crippen MR) is 46.2 cm³/mol. The molecular formula is C7H4BrN2O-. The molecule has 0 aromatic carbocycles. The van der Waals surface area contributed by atoms with Gasteiger partial charge in [0.1, 0.15) is 5.65 Å². The summed E-state index contributed by atoms with van der Waals surface area (Å²) in [6, 6.07) is 3.59. The third kappa shape index (κ3) is 0.991. The average molecular weight is 212 g/mol. The minimum Gasteiger partial charge on any atom is -0.805 e. The van der Waals surface area contributed by atoms with Crippen LogP contribution in [0.5, 0.6) is 0 Å². The quantitative estimate of drug-likeness (QED) is 0.671. The van der Waals surface area contributed by atoms with Gasteiger partial charge in [-0.05, 0) is 28.1 Å². The van der Waals surface area contributed by atoms with Gasteiger partial charge in [-0.15, -0.1) is 0 Å². The van der Waals surface area contributed by atoms with E-state index in [0.717, 1.165) is 14.6 Å². The SMILES string of the molecule is [O-]n1ccc2cc(Br)cnc21. The zero-order valence-electron chi connectivity index (χ0n) is 5.49. The van der Waals surface area contributed by atoms with E-state index < -0.39 is 0 Å². The van der Waals surface area contributed by atoms with Crippen molar-refractivity contribution in [3.05, 3.63) is 34.2 Å². The Bertz CT molecular complexity index is 396. The van der Waals surface area contributed by atoms with E-state index in [1.54, 1.807) is 12.3 Å². The molecular weight excluding hydrogens is 208 g/mol. The molecule has 0 spiro atoms. The maximum absolute atomic E-state index is 10.9. The Morgan fingerprint density at radius 3 is 3.18 bits per heavy atom. The molecule has 2 heterocycles. The van der Waals surface area contributed by atoms with Gasteiger partial charge in [-0.25, -0.2) is 4.98 Å². The summed E-state index contributed by atoms with van der Waals surface area (Å²) in [6.07, 6.45) is 3.06. The van der Waals surface area contributed by atoms with E-state index >= 15 is 0 Å². The second-order valence-corrected chi connectivity index (χ2v) is 3.12. The molecule has 2 rings (SSSR count). The van der Waals surface area contributed by atoms with E-state index in [1.165, 1.54) is 6.20 Å². The number of fused-ring (bicyclic) bond motifs is 1. The van der Waals surface area contributed by atoms with Crippen LogP contribution in [0.2, 0.25) is 0 Å². The normalized spacial score (nSPS) is 10.6. The summed E-state index contributed by atoms with van der Waals surface area (Å²) in [4.78, 5) is 3.94. The third-order valence-electron chi connectivity index (χ3n) is 1.46. The van der Waals surface area contributed by atoms with Gasteiger partial charge >= 0.3 is 0 Å². The number of halogens is 1. The van der Waals surface area contributed by atoms with Crippen molar-refractivity contribution in [1.82, 2.24) is 9.71 Å². The Balaban J connectivity index is 2.86. The molecule has 56 valence electrons. The predicted octanol–water partition coefficient (Wildman–Crippen LogP) is 2.14. The first-order chi connectivity index (χ1) is 5.27. The van der Waals surface area contributed by atoms with Crippen LogP contribution in [-0.2, 0) is 0 Å². The number of pyridine rings is 1. The topological polar surface area (TPSA) is 40.9 Å². The lowest BCUT2D eigenvalue weighted by atomic mass is 10.3. The van der Waals surface area contributed by atoms with Gasteiger partial charge in [0.05, 0.1) is 0 Å². The fourth-order valence-electron chi connectivity index (χ4n) is 0.973. The second-order valence-electron chi connectivity index (χ2n) is 2.21. The van der Waals surface area contributed by atoms with Gasteiger partial charge in [0, 0.05) is 22.3 Å². The Hall–Kier alpha value is -1.03. The van der Waals surface area contributed by atoms with Crippen molar-refractivity contribution < 1.29 is 0 Å². The Labute approximate surface area is 71.4 Å². The minimum absolute atomic E-state index is 0.466. The average Bonchev–Trinajstić information content (AvgIpc) is 2.32. The first kappa shape index (κ1) is 6.67. The number of aromatic nitrogens is 2. The van der Waals surface area contributed by atoms with Crippen LogP contribution in [0.25, 0.3) is 11.0 Å². The maximum atomic E-state index is 10.9. The van der Waals surface area contributed by atoms with Gasteiger partial charge in [0.2, 0.25) is 0 Å². The van der Waals surface area contributed by atoms with E-state index in [4.69, 9.17) is 0 Å². The monoisotopic (exact) mass is 211 g/mol. The number of rotatable bonds is 0. The van der Waals surface area contributed by atoms with Crippen molar-refractivity contribution in [3.8, 4) is 0 Å². The fraction of sp³-hybridized carbons (Fsp3) is 0. The summed E-state index contributed by atoms with van der Waals surface area (Å²) in [6.45, 7) is 0. The number of hydrogen-bond acceptors (Lipinski definition) is 2. The molecule has 0 saturated heterocycles. The second kappa shape index (κ2) is 2.23. The summed E-state index contributed by atoms with van der Waals surface area (Å²) >= 11 is 3.27. The van der Waals surface area contributed by atoms with Crippen LogP contribution in [0, 0.1) is 5.21 Å². The van der Waals surface area contributed by atoms with Crippen molar-refractivity contribution in [2.45, 2.75) is 0 Å². The summed E-state index contributed by atoms with van der Waals surface area (Å²) in [7, 11) is 0. The lowest BCUT2D eigenvalue weighted by Crippen LogP contribution is -1.84. The molecule has 0 aliphatic carbocycles. The van der Waals surface area contributed by atoms with Gasteiger partial charge in [0.25, 0.3) is 0 Å². The molecule has 0 unspecified atom stereocenters. The van der Waals surface area contributed by atoms with Gasteiger partial charge in [-0.2, -0.15) is 0 Å². The Morgan fingerprint density at radius 2 is 2.36 bits per heavy atom. The highest BCUT2D eigenvalue weighted by Crippen LogP contribution is 2.16. The highest BCUT2D eigenvalue weighted by molar-refractivity contribution is 9.10. The lowest BCUT2D eigenvalue weighted by molar-refractivity contribution is 1.11. The molecule has 0 aliphatic rings. The summed E-state index contributed by atoms with van der Waals surface area (Å²) in [5, 5.41) is 11.8. The molecule has 11 heavy (non-hydrogen) atoms. The van der Waals surface area contributed by atoms with Crippen LogP contribution in [0.4, 0.5) is 0 Å². The Morgan fingerprint density at radius 1 is 1.55 bits per heavy atom. The first-order valence-corrected chi connectivity index (χ1v) is 3.87. The van der Waals surface area contributed by atoms with Crippen molar-refractivity contribution in [1.29, 1.82) is 0 Å². The van der Waals surface area contributed by atoms with Crippen LogP contribution in [0.1, 0.15) is 0 Å². The molecule has 0 N–H and O–H groups in total. The van der Waals surface area contributed by atoms with E-state index in [-0.39, 0.29) is 0 Å². The van der Waals surface area contributed by atoms with Crippen molar-refractivity contribution in [2.75, 3.05) is 0 Å². The maximum Gasteiger partial charge on any atom is 0.135 e. The van der Waals surface area contributed by atoms with Gasteiger partial charge in [-0.1, -0.05) is 0 Å². The molecule has 0 fully saturated rings. The molecule has 0 saturated carbocycles. The molecule has 2 aromatic rings. The highest BCUT2D eigenvalue weighted by atomic mass is 79.9.